The molecule has 3 rings (SSSR count). The van der Waals surface area contributed by atoms with E-state index in [2.05, 4.69) is 15.0 Å². The van der Waals surface area contributed by atoms with Gasteiger partial charge < -0.3 is 15.6 Å². The molecule has 0 amide bonds. The van der Waals surface area contributed by atoms with Crippen LogP contribution in [0, 0.1) is 0 Å². The molecule has 2 atom stereocenters. The molecule has 2 aromatic heterocycles. The number of nitrogens with one attached hydrogen (secondary N) is 1. The third-order valence-corrected chi connectivity index (χ3v) is 4.15. The zero-order valence-corrected chi connectivity index (χ0v) is 10.8. The van der Waals surface area contributed by atoms with Crippen LogP contribution in [0.4, 0.5) is 5.95 Å². The number of hydrogen-bond acceptors (Lipinski definition) is 7. The lowest BCUT2D eigenvalue weighted by Gasteiger charge is -2.28. The quantitative estimate of drug-likeness (QED) is 0.668. The Bertz CT molecular complexity index is 646. The van der Waals surface area contributed by atoms with Crippen LogP contribution in [0.3, 0.4) is 0 Å². The molecule has 0 aromatic carbocycles. The Hall–Kier alpha value is -1.58. The summed E-state index contributed by atoms with van der Waals surface area (Å²) in [4.78, 5) is 22.2. The lowest BCUT2D eigenvalue weighted by atomic mass is 10.4. The maximum absolute atomic E-state index is 11.7. The molecule has 1 saturated heterocycles. The Labute approximate surface area is 112 Å². The number of ether oxygens (including phenoxy) is 1. The second-order valence-corrected chi connectivity index (χ2v) is 5.53. The Morgan fingerprint density at radius 2 is 2.53 bits per heavy atom. The van der Waals surface area contributed by atoms with Crippen LogP contribution in [-0.4, -0.2) is 48.8 Å². The number of imidazole rings is 1. The fourth-order valence-electron chi connectivity index (χ4n) is 1.95. The number of thioether (sulfide) groups is 1. The zero-order valence-electron chi connectivity index (χ0n) is 9.94. The van der Waals surface area contributed by atoms with Gasteiger partial charge in [0.05, 0.1) is 24.8 Å². The summed E-state index contributed by atoms with van der Waals surface area (Å²) in [7, 11) is 0. The van der Waals surface area contributed by atoms with Crippen LogP contribution < -0.4 is 11.3 Å². The predicted octanol–water partition coefficient (Wildman–Crippen LogP) is -0.675. The van der Waals surface area contributed by atoms with Crippen LogP contribution >= 0.6 is 11.8 Å². The van der Waals surface area contributed by atoms with Crippen molar-refractivity contribution in [3.05, 3.63) is 16.7 Å². The van der Waals surface area contributed by atoms with E-state index in [1.165, 1.54) is 6.33 Å². The Kier molecular flexibility index (Phi) is 3.17. The number of hydrogen-bond donors (Lipinski definition) is 3. The van der Waals surface area contributed by atoms with Gasteiger partial charge in [0.2, 0.25) is 5.95 Å². The molecule has 4 N–H and O–H groups in total. The number of fused-ring (bicyclic) bond motifs is 1. The monoisotopic (exact) mass is 283 g/mol. The van der Waals surface area contributed by atoms with Crippen molar-refractivity contribution in [3.8, 4) is 0 Å². The highest BCUT2D eigenvalue weighted by atomic mass is 32.2. The van der Waals surface area contributed by atoms with E-state index >= 15 is 0 Å². The number of aromatic nitrogens is 4. The molecule has 2 aromatic rings. The largest absolute Gasteiger partial charge is 0.395 e. The highest BCUT2D eigenvalue weighted by Gasteiger charge is 2.25. The molecule has 1 aliphatic rings. The molecule has 19 heavy (non-hydrogen) atoms. The van der Waals surface area contributed by atoms with E-state index in [4.69, 9.17) is 15.6 Å². The maximum Gasteiger partial charge on any atom is 0.280 e. The topological polar surface area (TPSA) is 119 Å². The zero-order chi connectivity index (χ0) is 13.4. The molecule has 0 saturated carbocycles. The number of anilines is 1. The lowest BCUT2D eigenvalue weighted by Crippen LogP contribution is -2.29. The first kappa shape index (κ1) is 12.5. The van der Waals surface area contributed by atoms with Gasteiger partial charge in [0, 0.05) is 5.75 Å². The summed E-state index contributed by atoms with van der Waals surface area (Å²) in [6, 6.07) is 0. The number of aliphatic hydroxyl groups is 1. The van der Waals surface area contributed by atoms with Crippen LogP contribution in [-0.2, 0) is 4.74 Å². The highest BCUT2D eigenvalue weighted by molar-refractivity contribution is 8.00. The van der Waals surface area contributed by atoms with E-state index in [0.717, 1.165) is 0 Å². The molecule has 0 radical (unpaired) electrons. The predicted molar refractivity (Wildman–Crippen MR) is 70.9 cm³/mol. The minimum absolute atomic E-state index is 0.0518. The first-order chi connectivity index (χ1) is 9.19. The minimum atomic E-state index is -0.363. The average Bonchev–Trinajstić information content (AvgIpc) is 2.83. The number of H-pyrrole nitrogens is 1. The first-order valence-electron chi connectivity index (χ1n) is 5.75. The number of nitrogen functional groups attached to an aromatic ring is 1. The summed E-state index contributed by atoms with van der Waals surface area (Å²) >= 11 is 1.62. The minimum Gasteiger partial charge on any atom is -0.395 e. The molecule has 0 spiro atoms. The number of rotatable bonds is 2. The first-order valence-corrected chi connectivity index (χ1v) is 6.80. The Balaban J connectivity index is 1.96. The molecular weight excluding hydrogens is 270 g/mol. The molecular formula is C10H13N5O3S. The summed E-state index contributed by atoms with van der Waals surface area (Å²) in [5, 5.41) is 9.15. The van der Waals surface area contributed by atoms with E-state index in [-0.39, 0.29) is 35.1 Å². The third kappa shape index (κ3) is 2.20. The third-order valence-electron chi connectivity index (χ3n) is 2.91. The molecule has 2 unspecified atom stereocenters. The Morgan fingerprint density at radius 3 is 3.21 bits per heavy atom. The van der Waals surface area contributed by atoms with Gasteiger partial charge in [-0.2, -0.15) is 4.98 Å². The van der Waals surface area contributed by atoms with Crippen molar-refractivity contribution in [1.29, 1.82) is 0 Å². The fourth-order valence-corrected chi connectivity index (χ4v) is 2.93. The van der Waals surface area contributed by atoms with E-state index < -0.39 is 0 Å². The fraction of sp³-hybridized carbons (Fsp3) is 0.500. The summed E-state index contributed by atoms with van der Waals surface area (Å²) in [6.45, 7) is 0.539. The molecule has 0 bridgehead atoms. The van der Waals surface area contributed by atoms with Crippen molar-refractivity contribution >= 4 is 28.9 Å². The maximum atomic E-state index is 11.7. The molecule has 3 heterocycles. The number of aliphatic hydroxyl groups excluding tert-OH is 1. The van der Waals surface area contributed by atoms with E-state index in [9.17, 15) is 4.79 Å². The highest BCUT2D eigenvalue weighted by Crippen LogP contribution is 2.28. The average molecular weight is 283 g/mol. The smallest absolute Gasteiger partial charge is 0.280 e. The molecule has 8 nitrogen and oxygen atoms in total. The van der Waals surface area contributed by atoms with Crippen molar-refractivity contribution < 1.29 is 9.84 Å². The summed E-state index contributed by atoms with van der Waals surface area (Å²) < 4.78 is 7.36. The van der Waals surface area contributed by atoms with Gasteiger partial charge in [-0.15, -0.1) is 11.8 Å². The van der Waals surface area contributed by atoms with Crippen LogP contribution in [0.25, 0.3) is 11.2 Å². The number of nitrogens with zero attached hydrogens (tertiary/aromatic N) is 3. The SMILES string of the molecule is Nc1nc2c(ncn2C2CSC(CO)CO2)c(=O)[nH]1. The summed E-state index contributed by atoms with van der Waals surface area (Å²) in [5.74, 6) is 0.710. The van der Waals surface area contributed by atoms with Gasteiger partial charge in [-0.1, -0.05) is 0 Å². The van der Waals surface area contributed by atoms with Crippen LogP contribution in [0.5, 0.6) is 0 Å². The van der Waals surface area contributed by atoms with Crippen molar-refractivity contribution in [2.75, 3.05) is 24.7 Å². The van der Waals surface area contributed by atoms with Gasteiger partial charge in [0.15, 0.2) is 11.2 Å². The van der Waals surface area contributed by atoms with Gasteiger partial charge in [0.25, 0.3) is 5.56 Å². The van der Waals surface area contributed by atoms with Gasteiger partial charge in [-0.05, 0) is 0 Å². The van der Waals surface area contributed by atoms with E-state index in [1.807, 2.05) is 0 Å². The van der Waals surface area contributed by atoms with Crippen molar-refractivity contribution in [2.45, 2.75) is 11.5 Å². The summed E-state index contributed by atoms with van der Waals surface area (Å²) in [5.41, 5.74) is 5.83. The van der Waals surface area contributed by atoms with Crippen LogP contribution in [0.1, 0.15) is 6.23 Å². The number of nitrogens with two attached hydrogens (primary N) is 1. The van der Waals surface area contributed by atoms with Crippen molar-refractivity contribution in [1.82, 2.24) is 19.5 Å². The van der Waals surface area contributed by atoms with Crippen LogP contribution in [0.2, 0.25) is 0 Å². The van der Waals surface area contributed by atoms with Crippen molar-refractivity contribution in [2.24, 2.45) is 0 Å². The van der Waals surface area contributed by atoms with Gasteiger partial charge in [-0.3, -0.25) is 14.3 Å². The Morgan fingerprint density at radius 1 is 1.68 bits per heavy atom. The molecule has 1 aliphatic heterocycles. The van der Waals surface area contributed by atoms with Gasteiger partial charge >= 0.3 is 0 Å². The summed E-state index contributed by atoms with van der Waals surface area (Å²) in [6.07, 6.45) is 1.27. The second kappa shape index (κ2) is 4.83. The second-order valence-electron chi connectivity index (χ2n) is 4.20. The van der Waals surface area contributed by atoms with E-state index in [0.29, 0.717) is 18.0 Å². The molecule has 102 valence electrons. The lowest BCUT2D eigenvalue weighted by molar-refractivity contribution is 0.0101. The van der Waals surface area contributed by atoms with Gasteiger partial charge in [-0.25, -0.2) is 4.98 Å². The van der Waals surface area contributed by atoms with Gasteiger partial charge in [0.1, 0.15) is 6.23 Å². The van der Waals surface area contributed by atoms with E-state index in [1.54, 1.807) is 16.3 Å². The van der Waals surface area contributed by atoms with Crippen LogP contribution in [0.15, 0.2) is 11.1 Å². The standard InChI is InChI=1S/C10H13N5O3S/c11-10-13-8-7(9(17)14-10)12-4-15(8)6-3-19-5(1-16)2-18-6/h4-6,16H,1-3H2,(H3,11,13,14,17). The van der Waals surface area contributed by atoms with Crippen molar-refractivity contribution in [3.63, 3.8) is 0 Å². The molecule has 1 fully saturated rings. The number of aromatic amines is 1. The molecule has 9 heteroatoms. The molecule has 0 aliphatic carbocycles. The normalized spacial score (nSPS) is 23.8.